The Hall–Kier alpha value is -1.88. The molecule has 1 aliphatic carbocycles. The van der Waals surface area contributed by atoms with E-state index in [0.29, 0.717) is 36.1 Å². The molecule has 0 bridgehead atoms. The molecule has 0 radical (unpaired) electrons. The van der Waals surface area contributed by atoms with Gasteiger partial charge in [-0.3, -0.25) is 9.59 Å². The second-order valence-corrected chi connectivity index (χ2v) is 10.1. The van der Waals surface area contributed by atoms with E-state index in [0.717, 1.165) is 26.1 Å². The van der Waals surface area contributed by atoms with Crippen LogP contribution >= 0.6 is 0 Å². The fraction of sp³-hybridized carbons (Fsp3) is 0.667. The van der Waals surface area contributed by atoms with E-state index in [2.05, 4.69) is 47.9 Å². The molecule has 0 unspecified atom stereocenters. The van der Waals surface area contributed by atoms with Crippen molar-refractivity contribution < 1.29 is 9.59 Å². The molecule has 0 aromatic heterocycles. The molecule has 1 aromatic rings. The molecule has 0 N–H and O–H groups in total. The van der Waals surface area contributed by atoms with Crippen molar-refractivity contribution in [2.45, 2.75) is 45.6 Å². The highest BCUT2D eigenvalue weighted by Crippen LogP contribution is 2.49. The van der Waals surface area contributed by atoms with Crippen LogP contribution in [-0.4, -0.2) is 66.8 Å². The molecule has 4 rings (SSSR count). The maximum atomic E-state index is 13.0. The first kappa shape index (κ1) is 20.4. The van der Waals surface area contributed by atoms with Crippen LogP contribution in [0.2, 0.25) is 0 Å². The summed E-state index contributed by atoms with van der Waals surface area (Å²) in [6.45, 7) is 7.20. The number of hydrogen-bond acceptors (Lipinski definition) is 3. The maximum absolute atomic E-state index is 13.0. The number of likely N-dealkylation sites (tertiary alicyclic amines) is 2. The Morgan fingerprint density at radius 3 is 2.48 bits per heavy atom. The second kappa shape index (κ2) is 7.75. The lowest BCUT2D eigenvalue weighted by Crippen LogP contribution is -2.41. The van der Waals surface area contributed by atoms with E-state index < -0.39 is 0 Å². The molecular formula is C24H35N3O2. The van der Waals surface area contributed by atoms with Crippen molar-refractivity contribution in [1.29, 1.82) is 0 Å². The molecular weight excluding hydrogens is 362 g/mol. The lowest BCUT2D eigenvalue weighted by atomic mass is 9.87. The minimum atomic E-state index is 0.0763. The summed E-state index contributed by atoms with van der Waals surface area (Å²) in [4.78, 5) is 32.0. The van der Waals surface area contributed by atoms with Gasteiger partial charge in [0, 0.05) is 37.9 Å². The van der Waals surface area contributed by atoms with Gasteiger partial charge in [-0.15, -0.1) is 0 Å². The third kappa shape index (κ3) is 4.20. The zero-order chi connectivity index (χ0) is 20.8. The van der Waals surface area contributed by atoms with Crippen LogP contribution in [0.5, 0.6) is 0 Å². The largest absolute Gasteiger partial charge is 0.342 e. The molecule has 1 aromatic carbocycles. The molecule has 3 fully saturated rings. The van der Waals surface area contributed by atoms with Gasteiger partial charge in [0.15, 0.2) is 0 Å². The monoisotopic (exact) mass is 397 g/mol. The molecule has 3 atom stereocenters. The predicted molar refractivity (Wildman–Crippen MR) is 114 cm³/mol. The third-order valence-electron chi connectivity index (χ3n) is 7.34. The number of carbonyl (C=O) groups excluding carboxylic acids is 2. The van der Waals surface area contributed by atoms with Gasteiger partial charge in [-0.25, -0.2) is 0 Å². The van der Waals surface area contributed by atoms with Crippen molar-refractivity contribution in [3.05, 3.63) is 35.4 Å². The van der Waals surface area contributed by atoms with Gasteiger partial charge in [-0.05, 0) is 56.8 Å². The Morgan fingerprint density at radius 2 is 1.83 bits per heavy atom. The van der Waals surface area contributed by atoms with E-state index in [-0.39, 0.29) is 11.9 Å². The zero-order valence-corrected chi connectivity index (χ0v) is 18.4. The van der Waals surface area contributed by atoms with Gasteiger partial charge in [-0.2, -0.15) is 0 Å². The van der Waals surface area contributed by atoms with Crippen molar-refractivity contribution in [3.8, 4) is 0 Å². The molecule has 2 aliphatic heterocycles. The van der Waals surface area contributed by atoms with Gasteiger partial charge in [0.25, 0.3) is 0 Å². The Bertz CT molecular complexity index is 786. The number of aryl methyl sites for hydroxylation is 1. The summed E-state index contributed by atoms with van der Waals surface area (Å²) >= 11 is 0. The van der Waals surface area contributed by atoms with Crippen molar-refractivity contribution in [3.63, 3.8) is 0 Å². The SMILES string of the molecule is Cc1ccccc1[C@H]1[C@@H]2CN(C(=O)CCC3(C)CC3)C[C@@H]2CN1C(=O)CN(C)C. The van der Waals surface area contributed by atoms with Crippen LogP contribution in [0, 0.1) is 24.2 Å². The number of fused-ring (bicyclic) bond motifs is 1. The predicted octanol–water partition coefficient (Wildman–Crippen LogP) is 3.09. The highest BCUT2D eigenvalue weighted by molar-refractivity contribution is 5.80. The number of carbonyl (C=O) groups is 2. The quantitative estimate of drug-likeness (QED) is 0.741. The van der Waals surface area contributed by atoms with Crippen molar-refractivity contribution in [2.24, 2.45) is 17.3 Å². The topological polar surface area (TPSA) is 43.9 Å². The van der Waals surface area contributed by atoms with Crippen LogP contribution in [-0.2, 0) is 9.59 Å². The van der Waals surface area contributed by atoms with Crippen LogP contribution in [0.15, 0.2) is 24.3 Å². The van der Waals surface area contributed by atoms with E-state index in [1.54, 1.807) is 0 Å². The summed E-state index contributed by atoms with van der Waals surface area (Å²) in [6.07, 6.45) is 4.23. The third-order valence-corrected chi connectivity index (χ3v) is 7.34. The van der Waals surface area contributed by atoms with E-state index in [1.165, 1.54) is 24.0 Å². The molecule has 3 aliphatic rings. The second-order valence-electron chi connectivity index (χ2n) is 10.1. The highest BCUT2D eigenvalue weighted by Gasteiger charge is 2.50. The number of likely N-dealkylation sites (N-methyl/N-ethyl adjacent to an activating group) is 1. The summed E-state index contributed by atoms with van der Waals surface area (Å²) in [6, 6.07) is 8.49. The van der Waals surface area contributed by atoms with Crippen LogP contribution in [0.1, 0.15) is 49.8 Å². The molecule has 2 saturated heterocycles. The lowest BCUT2D eigenvalue weighted by molar-refractivity contribution is -0.134. The average Bonchev–Trinajstić information content (AvgIpc) is 3.10. The first-order chi connectivity index (χ1) is 13.8. The molecule has 158 valence electrons. The highest BCUT2D eigenvalue weighted by atomic mass is 16.2. The summed E-state index contributed by atoms with van der Waals surface area (Å²) in [5.41, 5.74) is 2.89. The molecule has 29 heavy (non-hydrogen) atoms. The number of nitrogens with zero attached hydrogens (tertiary/aromatic N) is 3. The molecule has 2 heterocycles. The minimum absolute atomic E-state index is 0.0763. The number of benzene rings is 1. The van der Waals surface area contributed by atoms with E-state index >= 15 is 0 Å². The van der Waals surface area contributed by atoms with Crippen LogP contribution < -0.4 is 0 Å². The normalized spacial score (nSPS) is 27.4. The van der Waals surface area contributed by atoms with Crippen LogP contribution in [0.4, 0.5) is 0 Å². The fourth-order valence-corrected chi connectivity index (χ4v) is 5.21. The summed E-state index contributed by atoms with van der Waals surface area (Å²) in [7, 11) is 3.89. The van der Waals surface area contributed by atoms with Crippen molar-refractivity contribution in [1.82, 2.24) is 14.7 Å². The number of amides is 2. The number of hydrogen-bond donors (Lipinski definition) is 0. The lowest BCUT2D eigenvalue weighted by Gasteiger charge is -2.31. The Balaban J connectivity index is 1.51. The van der Waals surface area contributed by atoms with Crippen molar-refractivity contribution in [2.75, 3.05) is 40.3 Å². The molecule has 5 nitrogen and oxygen atoms in total. The van der Waals surface area contributed by atoms with Gasteiger partial charge in [0.2, 0.25) is 11.8 Å². The summed E-state index contributed by atoms with van der Waals surface area (Å²) in [5.74, 6) is 1.22. The fourth-order valence-electron chi connectivity index (χ4n) is 5.21. The molecule has 1 saturated carbocycles. The van der Waals surface area contributed by atoms with Crippen molar-refractivity contribution >= 4 is 11.8 Å². The van der Waals surface area contributed by atoms with E-state index in [9.17, 15) is 9.59 Å². The Labute approximate surface area is 175 Å². The van der Waals surface area contributed by atoms with Gasteiger partial charge < -0.3 is 14.7 Å². The van der Waals surface area contributed by atoms with Crippen LogP contribution in [0.25, 0.3) is 0 Å². The zero-order valence-electron chi connectivity index (χ0n) is 18.4. The molecule has 5 heteroatoms. The van der Waals surface area contributed by atoms with E-state index in [1.807, 2.05) is 19.0 Å². The summed E-state index contributed by atoms with van der Waals surface area (Å²) in [5, 5.41) is 0. The van der Waals surface area contributed by atoms with E-state index in [4.69, 9.17) is 0 Å². The number of rotatable bonds is 6. The van der Waals surface area contributed by atoms with Gasteiger partial charge >= 0.3 is 0 Å². The molecule has 2 amide bonds. The first-order valence-electron chi connectivity index (χ1n) is 11.0. The Morgan fingerprint density at radius 1 is 1.10 bits per heavy atom. The standard InChI is InChI=1S/C24H35N3O2/c1-17-7-5-6-8-19(17)23-20-15-26(21(28)9-10-24(2)11-12-24)13-18(20)14-27(23)22(29)16-25(3)4/h5-8,18,20,23H,9-16H2,1-4H3/t18-,20-,23+/m1/s1. The Kier molecular flexibility index (Phi) is 5.45. The van der Waals surface area contributed by atoms with Crippen LogP contribution in [0.3, 0.4) is 0 Å². The van der Waals surface area contributed by atoms with Gasteiger partial charge in [0.05, 0.1) is 12.6 Å². The average molecular weight is 398 g/mol. The minimum Gasteiger partial charge on any atom is -0.342 e. The van der Waals surface area contributed by atoms with Gasteiger partial charge in [0.1, 0.15) is 0 Å². The molecule has 0 spiro atoms. The summed E-state index contributed by atoms with van der Waals surface area (Å²) < 4.78 is 0. The first-order valence-corrected chi connectivity index (χ1v) is 11.0. The maximum Gasteiger partial charge on any atom is 0.237 e. The van der Waals surface area contributed by atoms with Gasteiger partial charge in [-0.1, -0.05) is 31.2 Å². The smallest absolute Gasteiger partial charge is 0.237 e.